The molecule has 0 aromatic rings. The van der Waals surface area contributed by atoms with E-state index in [0.29, 0.717) is 24.4 Å². The fraction of sp³-hybridized carbons (Fsp3) is 0.286. The maximum atomic E-state index is 10.8. The smallest absolute Gasteiger partial charge is 0.330 e. The number of hydrogen-bond donors (Lipinski definition) is 0. The van der Waals surface area contributed by atoms with E-state index in [0.717, 1.165) is 12.2 Å². The van der Waals surface area contributed by atoms with E-state index in [1.165, 1.54) is 0 Å². The molecule has 0 rings (SSSR count). The molecule has 0 radical (unpaired) electrons. The lowest BCUT2D eigenvalue weighted by Gasteiger charge is -2.11. The van der Waals surface area contributed by atoms with Gasteiger partial charge < -0.3 is 14.2 Å². The Labute approximate surface area is 112 Å². The van der Waals surface area contributed by atoms with Crippen LogP contribution in [0.1, 0.15) is 12.8 Å². The second-order valence-electron chi connectivity index (χ2n) is 3.42. The molecule has 0 aromatic heterocycles. The van der Waals surface area contributed by atoms with Crippen LogP contribution in [0.25, 0.3) is 0 Å². The quantitative estimate of drug-likeness (QED) is 0.345. The van der Waals surface area contributed by atoms with Gasteiger partial charge in [0.25, 0.3) is 0 Å². The highest BCUT2D eigenvalue weighted by Gasteiger charge is 2.03. The van der Waals surface area contributed by atoms with Crippen LogP contribution in [0, 0.1) is 0 Å². The standard InChI is InChI=1S/C14H18O5/c1-5-13(15)17-9-7-11(3)19-12(4)8-10-18-14(16)6-2/h5-6H,1-4,7-10H2. The number of carbonyl (C=O) groups is 2. The molecule has 0 amide bonds. The van der Waals surface area contributed by atoms with Crippen LogP contribution in [-0.2, 0) is 23.8 Å². The molecule has 19 heavy (non-hydrogen) atoms. The van der Waals surface area contributed by atoms with Gasteiger partial charge in [0.1, 0.15) is 0 Å². The van der Waals surface area contributed by atoms with Crippen molar-refractivity contribution in [3.63, 3.8) is 0 Å². The molecule has 0 aliphatic rings. The first kappa shape index (κ1) is 16.7. The minimum absolute atomic E-state index is 0.155. The molecular formula is C14H18O5. The highest BCUT2D eigenvalue weighted by molar-refractivity contribution is 5.81. The highest BCUT2D eigenvalue weighted by atomic mass is 16.5. The lowest BCUT2D eigenvalue weighted by molar-refractivity contribution is -0.138. The molecule has 0 aromatic carbocycles. The number of ether oxygens (including phenoxy) is 3. The summed E-state index contributed by atoms with van der Waals surface area (Å²) in [5.41, 5.74) is 0. The first-order chi connectivity index (χ1) is 8.99. The summed E-state index contributed by atoms with van der Waals surface area (Å²) in [5.74, 6) is -0.167. The van der Waals surface area contributed by atoms with Crippen LogP contribution < -0.4 is 0 Å². The molecule has 0 heterocycles. The minimum atomic E-state index is -0.497. The summed E-state index contributed by atoms with van der Waals surface area (Å²) in [6.45, 7) is 14.2. The van der Waals surface area contributed by atoms with E-state index in [1.54, 1.807) is 0 Å². The number of esters is 2. The van der Waals surface area contributed by atoms with Crippen molar-refractivity contribution >= 4 is 11.9 Å². The molecular weight excluding hydrogens is 248 g/mol. The van der Waals surface area contributed by atoms with Crippen LogP contribution >= 0.6 is 0 Å². The molecule has 5 nitrogen and oxygen atoms in total. The summed E-state index contributed by atoms with van der Waals surface area (Å²) in [6.07, 6.45) is 2.86. The van der Waals surface area contributed by atoms with E-state index >= 15 is 0 Å². The molecule has 104 valence electrons. The van der Waals surface area contributed by atoms with Crippen molar-refractivity contribution in [3.8, 4) is 0 Å². The summed E-state index contributed by atoms with van der Waals surface area (Å²) < 4.78 is 14.8. The van der Waals surface area contributed by atoms with Crippen LogP contribution in [0.5, 0.6) is 0 Å². The Morgan fingerprint density at radius 3 is 1.53 bits per heavy atom. The van der Waals surface area contributed by atoms with Crippen molar-refractivity contribution < 1.29 is 23.8 Å². The third-order valence-electron chi connectivity index (χ3n) is 1.87. The van der Waals surface area contributed by atoms with Crippen LogP contribution in [0.3, 0.4) is 0 Å². The predicted molar refractivity (Wildman–Crippen MR) is 70.9 cm³/mol. The minimum Gasteiger partial charge on any atom is -0.467 e. The lowest BCUT2D eigenvalue weighted by atomic mass is 10.3. The summed E-state index contributed by atoms with van der Waals surface area (Å²) in [7, 11) is 0. The molecule has 0 saturated carbocycles. The van der Waals surface area contributed by atoms with Gasteiger partial charge in [-0.15, -0.1) is 0 Å². The van der Waals surface area contributed by atoms with E-state index in [9.17, 15) is 9.59 Å². The van der Waals surface area contributed by atoms with Gasteiger partial charge in [-0.2, -0.15) is 0 Å². The van der Waals surface area contributed by atoms with Gasteiger partial charge >= 0.3 is 11.9 Å². The van der Waals surface area contributed by atoms with Crippen LogP contribution in [0.2, 0.25) is 0 Å². The Morgan fingerprint density at radius 2 is 1.21 bits per heavy atom. The van der Waals surface area contributed by atoms with Gasteiger partial charge in [0.2, 0.25) is 0 Å². The predicted octanol–water partition coefficient (Wildman–Crippen LogP) is 2.27. The molecule has 0 spiro atoms. The molecule has 0 fully saturated rings. The molecule has 0 unspecified atom stereocenters. The fourth-order valence-corrected chi connectivity index (χ4v) is 0.955. The molecule has 0 N–H and O–H groups in total. The van der Waals surface area contributed by atoms with Crippen molar-refractivity contribution in [3.05, 3.63) is 50.0 Å². The van der Waals surface area contributed by atoms with E-state index in [4.69, 9.17) is 14.2 Å². The summed E-state index contributed by atoms with van der Waals surface area (Å²) in [5, 5.41) is 0. The van der Waals surface area contributed by atoms with E-state index in [2.05, 4.69) is 26.3 Å². The van der Waals surface area contributed by atoms with Gasteiger partial charge in [-0.3, -0.25) is 0 Å². The molecule has 0 saturated heterocycles. The van der Waals surface area contributed by atoms with Crippen molar-refractivity contribution in [2.45, 2.75) is 12.8 Å². The van der Waals surface area contributed by atoms with Crippen molar-refractivity contribution in [1.82, 2.24) is 0 Å². The van der Waals surface area contributed by atoms with Crippen LogP contribution in [0.15, 0.2) is 50.0 Å². The Hall–Kier alpha value is -2.30. The van der Waals surface area contributed by atoms with Crippen molar-refractivity contribution in [2.24, 2.45) is 0 Å². The normalized spacial score (nSPS) is 9.05. The molecule has 5 heteroatoms. The molecule has 0 atom stereocenters. The van der Waals surface area contributed by atoms with Gasteiger partial charge in [0.05, 0.1) is 24.7 Å². The zero-order chi connectivity index (χ0) is 14.7. The molecule has 0 aliphatic heterocycles. The molecule has 0 aliphatic carbocycles. The Bertz CT molecular complexity index is 345. The van der Waals surface area contributed by atoms with Crippen molar-refractivity contribution in [1.29, 1.82) is 0 Å². The average Bonchev–Trinajstić information content (AvgIpc) is 2.37. The second-order valence-corrected chi connectivity index (χ2v) is 3.42. The largest absolute Gasteiger partial charge is 0.467 e. The number of carbonyl (C=O) groups excluding carboxylic acids is 2. The Kier molecular flexibility index (Phi) is 8.53. The SMILES string of the molecule is C=CC(=O)OCCC(=C)OC(=C)CCOC(=O)C=C. The third kappa shape index (κ3) is 9.41. The van der Waals surface area contributed by atoms with Crippen LogP contribution in [-0.4, -0.2) is 25.2 Å². The molecule has 0 bridgehead atoms. The monoisotopic (exact) mass is 266 g/mol. The number of hydrogen-bond acceptors (Lipinski definition) is 5. The maximum absolute atomic E-state index is 10.8. The first-order valence-electron chi connectivity index (χ1n) is 5.61. The zero-order valence-electron chi connectivity index (χ0n) is 10.9. The number of rotatable bonds is 10. The van der Waals surface area contributed by atoms with Crippen LogP contribution in [0.4, 0.5) is 0 Å². The van der Waals surface area contributed by atoms with Gasteiger partial charge in [0.15, 0.2) is 0 Å². The maximum Gasteiger partial charge on any atom is 0.330 e. The second kappa shape index (κ2) is 9.70. The lowest BCUT2D eigenvalue weighted by Crippen LogP contribution is -2.05. The highest BCUT2D eigenvalue weighted by Crippen LogP contribution is 2.10. The van der Waals surface area contributed by atoms with Gasteiger partial charge in [-0.25, -0.2) is 9.59 Å². The summed E-state index contributed by atoms with van der Waals surface area (Å²) >= 11 is 0. The third-order valence-corrected chi connectivity index (χ3v) is 1.87. The summed E-state index contributed by atoms with van der Waals surface area (Å²) in [6, 6.07) is 0. The Balaban J connectivity index is 3.72. The van der Waals surface area contributed by atoms with E-state index in [-0.39, 0.29) is 13.2 Å². The Morgan fingerprint density at radius 1 is 0.842 bits per heavy atom. The van der Waals surface area contributed by atoms with Crippen molar-refractivity contribution in [2.75, 3.05) is 13.2 Å². The summed E-state index contributed by atoms with van der Waals surface area (Å²) in [4.78, 5) is 21.5. The van der Waals surface area contributed by atoms with Gasteiger partial charge in [-0.05, 0) is 0 Å². The van der Waals surface area contributed by atoms with Gasteiger partial charge in [-0.1, -0.05) is 26.3 Å². The topological polar surface area (TPSA) is 61.8 Å². The van der Waals surface area contributed by atoms with E-state index in [1.807, 2.05) is 0 Å². The first-order valence-corrected chi connectivity index (χ1v) is 5.61. The average molecular weight is 266 g/mol. The van der Waals surface area contributed by atoms with E-state index < -0.39 is 11.9 Å². The van der Waals surface area contributed by atoms with Gasteiger partial charge in [0, 0.05) is 25.0 Å². The zero-order valence-corrected chi connectivity index (χ0v) is 10.9. The fourth-order valence-electron chi connectivity index (χ4n) is 0.955.